The van der Waals surface area contributed by atoms with Gasteiger partial charge in [0.1, 0.15) is 62.4 Å². The molecule has 1 aromatic carbocycles. The van der Waals surface area contributed by atoms with E-state index in [-0.39, 0.29) is 59.1 Å². The third-order valence-corrected chi connectivity index (χ3v) is 13.2. The zero-order valence-corrected chi connectivity index (χ0v) is 62.6. The van der Waals surface area contributed by atoms with Crippen molar-refractivity contribution in [3.63, 3.8) is 0 Å². The highest BCUT2D eigenvalue weighted by Gasteiger charge is 2.13. The van der Waals surface area contributed by atoms with Crippen molar-refractivity contribution in [1.29, 1.82) is 0 Å². The monoisotopic (exact) mass is 1400 g/mol. The van der Waals surface area contributed by atoms with Gasteiger partial charge in [-0.25, -0.2) is 0 Å². The van der Waals surface area contributed by atoms with E-state index >= 15 is 0 Å². The molecule has 0 amide bonds. The second-order valence-electron chi connectivity index (χ2n) is 22.5. The highest BCUT2D eigenvalue weighted by Crippen LogP contribution is 2.24. The van der Waals surface area contributed by atoms with Gasteiger partial charge in [-0.3, -0.25) is 14.6 Å². The zero-order chi connectivity index (χ0) is 70.6. The largest absolute Gasteiger partial charge is 0.490 e. The number of aromatic nitrogens is 4. The van der Waals surface area contributed by atoms with Crippen molar-refractivity contribution in [2.75, 3.05) is 0 Å². The molecular formula is C71H94N4O13S6. The Labute approximate surface area is 584 Å². The second-order valence-corrected chi connectivity index (χ2v) is 25.5. The first-order chi connectivity index (χ1) is 44.3. The molecule has 7 heterocycles. The third kappa shape index (κ3) is 33.0. The lowest BCUT2D eigenvalue weighted by Gasteiger charge is -2.18. The number of hydrogen-bond donors (Lipinski definition) is 0. The summed E-state index contributed by atoms with van der Waals surface area (Å²) < 4.78 is 49.7. The number of hydrogen-bond acceptors (Lipinski definition) is 20. The summed E-state index contributed by atoms with van der Waals surface area (Å²) in [5.41, 5.74) is 2.89. The van der Waals surface area contributed by atoms with Crippen LogP contribution in [-0.4, -0.2) is 72.9 Å². The van der Waals surface area contributed by atoms with Crippen molar-refractivity contribution in [3.8, 4) is 23.0 Å². The first kappa shape index (κ1) is 82.6. The van der Waals surface area contributed by atoms with Crippen LogP contribution in [0.2, 0.25) is 0 Å². The maximum atomic E-state index is 11.2. The Kier molecular flexibility index (Phi) is 38.8. The molecule has 0 atom stereocenters. The van der Waals surface area contributed by atoms with Gasteiger partial charge in [-0.2, -0.15) is 9.46 Å². The molecule has 94 heavy (non-hydrogen) atoms. The average molecular weight is 1400 g/mol. The van der Waals surface area contributed by atoms with Crippen LogP contribution in [0, 0.1) is 39.1 Å². The van der Waals surface area contributed by atoms with E-state index in [1.165, 1.54) is 35.2 Å². The highest BCUT2D eigenvalue weighted by molar-refractivity contribution is 7.81. The number of thiazole rings is 1. The SMILES string of the molecule is CC(C)Oc1cccc2cccnc12.CC(C)Oc1coccc1=S.CC(C)On1ccccc1=S.CC(C)On1ccccc1=S.CC1=C(OC(C)C)C(=S)C=CC1.Cc1csc(=O)n1OC(C)C.Cc1occc(=O)c1OC(C)C.Cc1occc(=S)c1OC(C)C. The summed E-state index contributed by atoms with van der Waals surface area (Å²) in [5.74, 6) is 4.65. The average Bonchev–Trinajstić information content (AvgIpc) is 1.10. The van der Waals surface area contributed by atoms with Crippen LogP contribution in [0.3, 0.4) is 0 Å². The summed E-state index contributed by atoms with van der Waals surface area (Å²) >= 11 is 26.4. The van der Waals surface area contributed by atoms with Crippen LogP contribution >= 0.6 is 72.4 Å². The molecule has 7 aromatic heterocycles. The lowest BCUT2D eigenvalue weighted by molar-refractivity contribution is 0.0522. The molecule has 23 heteroatoms. The Balaban J connectivity index is 0.000000366. The summed E-state index contributed by atoms with van der Waals surface area (Å²) in [4.78, 5) is 43.2. The van der Waals surface area contributed by atoms with Crippen molar-refractivity contribution in [1.82, 2.24) is 19.2 Å². The third-order valence-electron chi connectivity index (χ3n) is 10.8. The maximum Gasteiger partial charge on any atom is 0.339 e. The summed E-state index contributed by atoms with van der Waals surface area (Å²) in [6.45, 7) is 38.7. The number of rotatable bonds is 16. The van der Waals surface area contributed by atoms with Crippen molar-refractivity contribution in [2.24, 2.45) is 0 Å². The van der Waals surface area contributed by atoms with Crippen LogP contribution in [0.25, 0.3) is 10.9 Å². The van der Waals surface area contributed by atoms with Crippen LogP contribution in [0.5, 0.6) is 23.0 Å². The molecule has 1 aliphatic carbocycles. The maximum absolute atomic E-state index is 11.2. The minimum atomic E-state index is -0.132. The van der Waals surface area contributed by atoms with Crippen LogP contribution in [0.15, 0.2) is 180 Å². The van der Waals surface area contributed by atoms with Crippen molar-refractivity contribution < 1.29 is 51.4 Å². The summed E-state index contributed by atoms with van der Waals surface area (Å²) in [7, 11) is 0. The normalized spacial score (nSPS) is 11.3. The Bertz CT molecular complexity index is 3750. The van der Waals surface area contributed by atoms with Gasteiger partial charge in [0.15, 0.2) is 11.5 Å². The molecule has 0 saturated heterocycles. The zero-order valence-electron chi connectivity index (χ0n) is 57.7. The smallest absolute Gasteiger partial charge is 0.339 e. The van der Waals surface area contributed by atoms with E-state index in [0.29, 0.717) is 41.3 Å². The fourth-order valence-electron chi connectivity index (χ4n) is 7.14. The van der Waals surface area contributed by atoms with E-state index in [1.54, 1.807) is 46.4 Å². The molecule has 8 aromatic rings. The van der Waals surface area contributed by atoms with Crippen LogP contribution in [-0.2, 0) is 4.74 Å². The van der Waals surface area contributed by atoms with E-state index in [0.717, 1.165) is 56.5 Å². The van der Waals surface area contributed by atoms with E-state index in [2.05, 4.69) is 18.0 Å². The number of aryl methyl sites for hydroxylation is 3. The second kappa shape index (κ2) is 44.2. The molecule has 1 aliphatic rings. The molecule has 0 aliphatic heterocycles. The molecule has 0 bridgehead atoms. The highest BCUT2D eigenvalue weighted by atomic mass is 32.1. The van der Waals surface area contributed by atoms with E-state index in [9.17, 15) is 9.59 Å². The van der Waals surface area contributed by atoms with Gasteiger partial charge in [-0.15, -0.1) is 4.73 Å². The standard InChI is InChI=1S/C12H13NO.C10H14OS.C9H12O3.C9H12O2S.2C8H11NOS.C8H10O2S.C7H11NO2S/c1-9(2)14-11-7-3-5-10-6-4-8-13-12(10)11;1-7(2)11-10-8(3)5-4-6-9(10)12;1-6(2)12-9-7(3)11-5-4-8(9)10;1-6(2)11-9-7(3)10-5-4-8(9)12;2*1-7(2)10-9-6-4-3-5-8(9)11;1-6(2)10-7-5-9-4-3-8(7)11;1-5(2)10-8-6(3)4-11-7(8)9/h3-9H,1-2H3;4,6-7H,5H2,1-3H3;2*4-6H,1-3H3;2*3-7H,1-2H3;3-6H,1-2H3;4-5H,1-3H3. The van der Waals surface area contributed by atoms with Gasteiger partial charge in [0.25, 0.3) is 0 Å². The molecule has 0 fully saturated rings. The topological polar surface area (TPSA) is 175 Å². The quantitative estimate of drug-likeness (QED) is 0.0834. The number of pyridine rings is 3. The van der Waals surface area contributed by atoms with E-state index < -0.39 is 0 Å². The molecular weight excluding hydrogens is 1310 g/mol. The number of allylic oxidation sites excluding steroid dienone is 3. The minimum Gasteiger partial charge on any atom is -0.490 e. The van der Waals surface area contributed by atoms with Crippen LogP contribution in [0.4, 0.5) is 0 Å². The molecule has 9 rings (SSSR count). The molecule has 0 radical (unpaired) electrons. The first-order valence-electron chi connectivity index (χ1n) is 30.7. The van der Waals surface area contributed by atoms with Gasteiger partial charge in [-0.05, 0) is 205 Å². The number of fused-ring (bicyclic) bond motifs is 1. The number of benzene rings is 1. The van der Waals surface area contributed by atoms with Gasteiger partial charge in [0, 0.05) is 35.4 Å². The number of nitrogens with zero attached hydrogens (tertiary/aromatic N) is 4. The number of ether oxygens (including phenoxy) is 5. The Hall–Kier alpha value is -7.54. The molecule has 0 saturated carbocycles. The van der Waals surface area contributed by atoms with E-state index in [1.807, 2.05) is 210 Å². The lowest BCUT2D eigenvalue weighted by Crippen LogP contribution is -2.27. The Morgan fingerprint density at radius 3 is 1.48 bits per heavy atom. The fraction of sp³-hybridized carbons (Fsp3) is 0.408. The molecule has 512 valence electrons. The van der Waals surface area contributed by atoms with Crippen LogP contribution < -0.4 is 43.8 Å². The fourth-order valence-corrected chi connectivity index (χ4v) is 8.88. The molecule has 17 nitrogen and oxygen atoms in total. The summed E-state index contributed by atoms with van der Waals surface area (Å²) in [6, 6.07) is 25.9. The van der Waals surface area contributed by atoms with Crippen LogP contribution in [0.1, 0.15) is 141 Å². The predicted molar refractivity (Wildman–Crippen MR) is 393 cm³/mol. The lowest BCUT2D eigenvalue weighted by atomic mass is 10.1. The predicted octanol–water partition coefficient (Wildman–Crippen LogP) is 18.8. The van der Waals surface area contributed by atoms with Gasteiger partial charge in [0.05, 0.1) is 68.9 Å². The summed E-state index contributed by atoms with van der Waals surface area (Å²) in [6.07, 6.45) is 17.4. The van der Waals surface area contributed by atoms with Gasteiger partial charge >= 0.3 is 4.87 Å². The molecule has 0 spiro atoms. The van der Waals surface area contributed by atoms with Crippen molar-refractivity contribution in [3.05, 3.63) is 213 Å². The first-order valence-corrected chi connectivity index (χ1v) is 33.6. The Morgan fingerprint density at radius 2 is 1.01 bits per heavy atom. The van der Waals surface area contributed by atoms with Gasteiger partial charge < -0.3 is 51.4 Å². The number of thiocarbonyl (C=S) groups is 1. The van der Waals surface area contributed by atoms with E-state index in [4.69, 9.17) is 113 Å². The Morgan fingerprint density at radius 1 is 0.511 bits per heavy atom. The van der Waals surface area contributed by atoms with Gasteiger partial charge in [0.2, 0.25) is 11.2 Å². The molecule has 0 N–H and O–H groups in total. The van der Waals surface area contributed by atoms with Gasteiger partial charge in [-0.1, -0.05) is 109 Å². The summed E-state index contributed by atoms with van der Waals surface area (Å²) in [5, 5.41) is 2.90. The minimum absolute atomic E-state index is 0.00556. The van der Waals surface area contributed by atoms with Crippen molar-refractivity contribution in [2.45, 2.75) is 194 Å². The number of para-hydroxylation sites is 1. The van der Waals surface area contributed by atoms with Crippen molar-refractivity contribution >= 4 is 88.2 Å². The molecule has 0 unspecified atom stereocenters.